The molecule has 9 heavy (non-hydrogen) atoms. The third-order valence-corrected chi connectivity index (χ3v) is 1.04. The van der Waals surface area contributed by atoms with Crippen LogP contribution in [0.15, 0.2) is 4.52 Å². The maximum absolute atomic E-state index is 5.41. The Kier molecular flexibility index (Phi) is 1.16. The predicted octanol–water partition coefficient (Wildman–Crippen LogP) is 0.547. The fourth-order valence-corrected chi connectivity index (χ4v) is 0.481. The normalized spacial score (nSPS) is 8.89. The maximum atomic E-state index is 5.41. The summed E-state index contributed by atoms with van der Waals surface area (Å²) in [5.41, 5.74) is 6.51. The first-order chi connectivity index (χ1) is 4.25. The molecule has 0 aromatic carbocycles. The Morgan fingerprint density at radius 3 is 2.67 bits per heavy atom. The summed E-state index contributed by atoms with van der Waals surface area (Å²) in [5.74, 6) is 2.57. The molecule has 1 aromatic heterocycles. The largest absolute Gasteiger partial charge is 0.393 e. The van der Waals surface area contributed by atoms with Crippen molar-refractivity contribution in [2.75, 3.05) is 5.73 Å². The molecule has 0 bridgehead atoms. The summed E-state index contributed by atoms with van der Waals surface area (Å²) in [6.45, 7) is 1.74. The van der Waals surface area contributed by atoms with E-state index in [2.05, 4.69) is 15.6 Å². The van der Waals surface area contributed by atoms with Crippen molar-refractivity contribution in [2.45, 2.75) is 6.92 Å². The van der Waals surface area contributed by atoms with Gasteiger partial charge in [-0.25, -0.2) is 0 Å². The highest BCUT2D eigenvalue weighted by Gasteiger charge is 2.04. The highest BCUT2D eigenvalue weighted by Crippen LogP contribution is 2.12. The van der Waals surface area contributed by atoms with Crippen molar-refractivity contribution < 1.29 is 4.52 Å². The molecule has 0 amide bonds. The zero-order valence-electron chi connectivity index (χ0n) is 5.01. The molecule has 0 radical (unpaired) electrons. The van der Waals surface area contributed by atoms with Crippen LogP contribution in [0.1, 0.15) is 11.5 Å². The van der Waals surface area contributed by atoms with E-state index in [-0.39, 0.29) is 0 Å². The van der Waals surface area contributed by atoms with Crippen LogP contribution in [0.3, 0.4) is 0 Å². The summed E-state index contributed by atoms with van der Waals surface area (Å²) in [5, 5.41) is 3.54. The van der Waals surface area contributed by atoms with E-state index in [9.17, 15) is 0 Å². The number of hydrogen-bond acceptors (Lipinski definition) is 3. The number of nitrogens with two attached hydrogens (primary N) is 1. The lowest BCUT2D eigenvalue weighted by Gasteiger charge is -1.81. The number of hydrogen-bond donors (Lipinski definition) is 1. The Labute approximate surface area is 52.8 Å². The van der Waals surface area contributed by atoms with Gasteiger partial charge in [0, 0.05) is 0 Å². The average Bonchev–Trinajstić information content (AvgIpc) is 2.15. The molecule has 0 aliphatic carbocycles. The molecule has 3 heteroatoms. The summed E-state index contributed by atoms with van der Waals surface area (Å²) in [4.78, 5) is 0. The van der Waals surface area contributed by atoms with E-state index in [4.69, 9.17) is 12.2 Å². The van der Waals surface area contributed by atoms with Gasteiger partial charge >= 0.3 is 0 Å². The molecule has 0 aliphatic rings. The summed E-state index contributed by atoms with van der Waals surface area (Å²) < 4.78 is 4.63. The van der Waals surface area contributed by atoms with Gasteiger partial charge in [-0.3, -0.25) is 0 Å². The predicted molar refractivity (Wildman–Crippen MR) is 33.6 cm³/mol. The van der Waals surface area contributed by atoms with Crippen LogP contribution in [0, 0.1) is 19.3 Å². The topological polar surface area (TPSA) is 52.0 Å². The van der Waals surface area contributed by atoms with E-state index in [1.54, 1.807) is 6.92 Å². The van der Waals surface area contributed by atoms with Crippen LogP contribution in [-0.2, 0) is 0 Å². The first kappa shape index (κ1) is 5.70. The quantitative estimate of drug-likeness (QED) is 0.511. The van der Waals surface area contributed by atoms with Crippen molar-refractivity contribution >= 4 is 5.69 Å². The number of nitrogens with zero attached hydrogens (tertiary/aromatic N) is 1. The Bertz CT molecular complexity index is 257. The van der Waals surface area contributed by atoms with Gasteiger partial charge in [-0.05, 0) is 12.8 Å². The monoisotopic (exact) mass is 122 g/mol. The van der Waals surface area contributed by atoms with Gasteiger partial charge in [0.15, 0.2) is 0 Å². The second kappa shape index (κ2) is 1.82. The van der Waals surface area contributed by atoms with Crippen molar-refractivity contribution in [3.05, 3.63) is 11.5 Å². The SMILES string of the molecule is C#Cc1onc(C)c1N. The molecule has 0 unspecified atom stereocenters. The Balaban J connectivity index is 3.24. The number of anilines is 1. The molecule has 0 fully saturated rings. The molecule has 3 nitrogen and oxygen atoms in total. The molecule has 0 aliphatic heterocycles. The average molecular weight is 122 g/mol. The molecule has 1 aromatic rings. The van der Waals surface area contributed by atoms with Crippen molar-refractivity contribution in [3.63, 3.8) is 0 Å². The van der Waals surface area contributed by atoms with Crippen LogP contribution in [-0.4, -0.2) is 5.16 Å². The summed E-state index contributed by atoms with van der Waals surface area (Å²) in [6, 6.07) is 0. The van der Waals surface area contributed by atoms with E-state index in [1.165, 1.54) is 0 Å². The van der Waals surface area contributed by atoms with Crippen molar-refractivity contribution in [3.8, 4) is 12.3 Å². The van der Waals surface area contributed by atoms with Gasteiger partial charge in [0.1, 0.15) is 11.4 Å². The minimum atomic E-state index is 0.313. The molecule has 1 heterocycles. The van der Waals surface area contributed by atoms with Crippen molar-refractivity contribution in [1.29, 1.82) is 0 Å². The highest BCUT2D eigenvalue weighted by atomic mass is 16.5. The Hall–Kier alpha value is -1.43. The smallest absolute Gasteiger partial charge is 0.232 e. The van der Waals surface area contributed by atoms with Gasteiger partial charge in [-0.1, -0.05) is 5.16 Å². The van der Waals surface area contributed by atoms with E-state index >= 15 is 0 Å². The summed E-state index contributed by atoms with van der Waals surface area (Å²) in [6.07, 6.45) is 5.00. The number of terminal acetylenes is 1. The summed E-state index contributed by atoms with van der Waals surface area (Å²) >= 11 is 0. The molecule has 0 saturated heterocycles. The minimum absolute atomic E-state index is 0.313. The standard InChI is InChI=1S/C6H6N2O/c1-3-5-6(7)4(2)8-9-5/h1H,7H2,2H3. The van der Waals surface area contributed by atoms with Gasteiger partial charge in [0.05, 0.1) is 0 Å². The molecule has 0 spiro atoms. The molecule has 0 atom stereocenters. The first-order valence-electron chi connectivity index (χ1n) is 2.44. The lowest BCUT2D eigenvalue weighted by molar-refractivity contribution is 0.407. The Morgan fingerprint density at radius 1 is 1.78 bits per heavy atom. The lowest BCUT2D eigenvalue weighted by Crippen LogP contribution is -1.86. The van der Waals surface area contributed by atoms with Gasteiger partial charge in [-0.15, -0.1) is 6.42 Å². The van der Waals surface area contributed by atoms with E-state index in [0.29, 0.717) is 17.1 Å². The minimum Gasteiger partial charge on any atom is -0.393 e. The first-order valence-corrected chi connectivity index (χ1v) is 2.44. The molecular weight excluding hydrogens is 116 g/mol. The molecule has 2 N–H and O–H groups in total. The number of rotatable bonds is 0. The van der Waals surface area contributed by atoms with Crippen LogP contribution in [0.2, 0.25) is 0 Å². The van der Waals surface area contributed by atoms with Gasteiger partial charge in [-0.2, -0.15) is 0 Å². The number of nitrogen functional groups attached to an aromatic ring is 1. The van der Waals surface area contributed by atoms with Crippen LogP contribution in [0.4, 0.5) is 5.69 Å². The molecular formula is C6H6N2O. The molecule has 46 valence electrons. The number of aromatic nitrogens is 1. The number of aryl methyl sites for hydroxylation is 1. The zero-order valence-corrected chi connectivity index (χ0v) is 5.01. The summed E-state index contributed by atoms with van der Waals surface area (Å²) in [7, 11) is 0. The van der Waals surface area contributed by atoms with Crippen LogP contribution < -0.4 is 5.73 Å². The van der Waals surface area contributed by atoms with Gasteiger partial charge in [0.25, 0.3) is 0 Å². The maximum Gasteiger partial charge on any atom is 0.232 e. The van der Waals surface area contributed by atoms with Crippen LogP contribution in [0.25, 0.3) is 0 Å². The van der Waals surface area contributed by atoms with E-state index in [1.807, 2.05) is 0 Å². The second-order valence-electron chi connectivity index (χ2n) is 1.66. The van der Waals surface area contributed by atoms with Crippen molar-refractivity contribution in [2.24, 2.45) is 0 Å². The molecule has 0 saturated carbocycles. The fraction of sp³-hybridized carbons (Fsp3) is 0.167. The van der Waals surface area contributed by atoms with Crippen LogP contribution >= 0.6 is 0 Å². The fourth-order valence-electron chi connectivity index (χ4n) is 0.481. The van der Waals surface area contributed by atoms with Gasteiger partial charge in [0.2, 0.25) is 5.76 Å². The van der Waals surface area contributed by atoms with Gasteiger partial charge < -0.3 is 10.3 Å². The van der Waals surface area contributed by atoms with Crippen LogP contribution in [0.5, 0.6) is 0 Å². The molecule has 1 rings (SSSR count). The Morgan fingerprint density at radius 2 is 2.44 bits per heavy atom. The highest BCUT2D eigenvalue weighted by molar-refractivity contribution is 5.52. The van der Waals surface area contributed by atoms with E-state index < -0.39 is 0 Å². The van der Waals surface area contributed by atoms with E-state index in [0.717, 1.165) is 0 Å². The zero-order chi connectivity index (χ0) is 6.85. The third-order valence-electron chi connectivity index (χ3n) is 1.04. The second-order valence-corrected chi connectivity index (χ2v) is 1.66. The lowest BCUT2D eigenvalue weighted by atomic mass is 10.3. The van der Waals surface area contributed by atoms with Crippen molar-refractivity contribution in [1.82, 2.24) is 5.16 Å². The third kappa shape index (κ3) is 0.745.